The summed E-state index contributed by atoms with van der Waals surface area (Å²) in [5.74, 6) is -0.173. The molecule has 0 saturated carbocycles. The quantitative estimate of drug-likeness (QED) is 0.824. The van der Waals surface area contributed by atoms with Gasteiger partial charge in [0, 0.05) is 12.1 Å². The number of carbonyl (C=O) groups excluding carboxylic acids is 1. The molecule has 23 heavy (non-hydrogen) atoms. The van der Waals surface area contributed by atoms with Crippen LogP contribution in [0.15, 0.2) is 29.2 Å². The van der Waals surface area contributed by atoms with Crippen LogP contribution in [0.3, 0.4) is 0 Å². The Morgan fingerprint density at radius 2 is 2.04 bits per heavy atom. The smallest absolute Gasteiger partial charge is 0.288 e. The highest BCUT2D eigenvalue weighted by atomic mass is 35.5. The summed E-state index contributed by atoms with van der Waals surface area (Å²) in [5.41, 5.74) is 2.74. The molecule has 0 radical (unpaired) electrons. The SMILES string of the molecule is CCCNc1cnn(CC(=O)c2ccc(C)c(C)c2)c(=O)c1Cl. The van der Waals surface area contributed by atoms with Gasteiger partial charge in [0.15, 0.2) is 5.78 Å². The van der Waals surface area contributed by atoms with Crippen LogP contribution in [0.2, 0.25) is 5.02 Å². The number of ketones is 1. The Morgan fingerprint density at radius 1 is 1.30 bits per heavy atom. The van der Waals surface area contributed by atoms with Crippen molar-refractivity contribution >= 4 is 23.1 Å². The van der Waals surface area contributed by atoms with Crippen molar-refractivity contribution in [3.63, 3.8) is 0 Å². The van der Waals surface area contributed by atoms with Crippen molar-refractivity contribution in [2.24, 2.45) is 0 Å². The summed E-state index contributed by atoms with van der Waals surface area (Å²) in [6.07, 6.45) is 2.39. The molecule has 0 saturated heterocycles. The second-order valence-corrected chi connectivity index (χ2v) is 5.86. The molecule has 0 spiro atoms. The van der Waals surface area contributed by atoms with Crippen LogP contribution in [0.4, 0.5) is 5.69 Å². The molecule has 5 nitrogen and oxygen atoms in total. The summed E-state index contributed by atoms with van der Waals surface area (Å²) in [7, 11) is 0. The molecule has 0 fully saturated rings. The molecule has 0 amide bonds. The lowest BCUT2D eigenvalue weighted by molar-refractivity contribution is 0.0965. The maximum Gasteiger partial charge on any atom is 0.288 e. The van der Waals surface area contributed by atoms with E-state index in [1.807, 2.05) is 32.9 Å². The van der Waals surface area contributed by atoms with Crippen molar-refractivity contribution in [1.29, 1.82) is 0 Å². The van der Waals surface area contributed by atoms with Gasteiger partial charge >= 0.3 is 0 Å². The molecule has 0 unspecified atom stereocenters. The van der Waals surface area contributed by atoms with Gasteiger partial charge in [0.05, 0.1) is 11.9 Å². The third kappa shape index (κ3) is 3.99. The van der Waals surface area contributed by atoms with E-state index in [1.54, 1.807) is 6.07 Å². The zero-order chi connectivity index (χ0) is 17.0. The molecular weight excluding hydrogens is 314 g/mol. The Morgan fingerprint density at radius 3 is 2.70 bits per heavy atom. The summed E-state index contributed by atoms with van der Waals surface area (Å²) in [6.45, 7) is 6.51. The normalized spacial score (nSPS) is 10.6. The molecule has 0 aliphatic rings. The van der Waals surface area contributed by atoms with Crippen molar-refractivity contribution in [3.8, 4) is 0 Å². The summed E-state index contributed by atoms with van der Waals surface area (Å²) >= 11 is 6.06. The topological polar surface area (TPSA) is 64.0 Å². The third-order valence-electron chi connectivity index (χ3n) is 3.67. The van der Waals surface area contributed by atoms with E-state index in [4.69, 9.17) is 11.6 Å². The number of rotatable bonds is 6. The first-order valence-electron chi connectivity index (χ1n) is 7.54. The lowest BCUT2D eigenvalue weighted by Crippen LogP contribution is -2.28. The first-order valence-corrected chi connectivity index (χ1v) is 7.91. The highest BCUT2D eigenvalue weighted by Gasteiger charge is 2.13. The van der Waals surface area contributed by atoms with Crippen molar-refractivity contribution < 1.29 is 4.79 Å². The highest BCUT2D eigenvalue weighted by Crippen LogP contribution is 2.15. The Hall–Kier alpha value is -2.14. The van der Waals surface area contributed by atoms with E-state index in [2.05, 4.69) is 10.4 Å². The van der Waals surface area contributed by atoms with Gasteiger partial charge in [-0.05, 0) is 37.5 Å². The van der Waals surface area contributed by atoms with Gasteiger partial charge in [-0.25, -0.2) is 4.68 Å². The van der Waals surface area contributed by atoms with E-state index < -0.39 is 5.56 Å². The third-order valence-corrected chi connectivity index (χ3v) is 4.04. The number of halogens is 1. The second kappa shape index (κ2) is 7.42. The van der Waals surface area contributed by atoms with Crippen LogP contribution in [-0.2, 0) is 6.54 Å². The molecule has 0 aliphatic carbocycles. The van der Waals surface area contributed by atoms with Gasteiger partial charge in [0.25, 0.3) is 5.56 Å². The molecule has 2 aromatic rings. The van der Waals surface area contributed by atoms with Gasteiger partial charge in [-0.3, -0.25) is 9.59 Å². The zero-order valence-corrected chi connectivity index (χ0v) is 14.3. The van der Waals surface area contributed by atoms with E-state index >= 15 is 0 Å². The fourth-order valence-corrected chi connectivity index (χ4v) is 2.32. The standard InChI is InChI=1S/C17H20ClN3O2/c1-4-7-19-14-9-20-21(17(23)16(14)18)10-15(22)13-6-5-11(2)12(3)8-13/h5-6,8-9,19H,4,7,10H2,1-3H3. The predicted octanol–water partition coefficient (Wildman–Crippen LogP) is 3.22. The molecule has 1 heterocycles. The number of Topliss-reactive ketones (excluding diaryl/α,β-unsaturated/α-hetero) is 1. The summed E-state index contributed by atoms with van der Waals surface area (Å²) in [5, 5.41) is 7.13. The minimum absolute atomic E-state index is 0.0568. The van der Waals surface area contributed by atoms with Crippen LogP contribution >= 0.6 is 11.6 Å². The second-order valence-electron chi connectivity index (χ2n) is 5.48. The maximum absolute atomic E-state index is 12.3. The van der Waals surface area contributed by atoms with E-state index in [9.17, 15) is 9.59 Å². The largest absolute Gasteiger partial charge is 0.382 e. The number of aromatic nitrogens is 2. The van der Waals surface area contributed by atoms with E-state index in [-0.39, 0.29) is 17.4 Å². The zero-order valence-electron chi connectivity index (χ0n) is 13.5. The molecule has 0 atom stereocenters. The van der Waals surface area contributed by atoms with Crippen molar-refractivity contribution in [2.45, 2.75) is 33.7 Å². The Kier molecular flexibility index (Phi) is 5.55. The van der Waals surface area contributed by atoms with E-state index in [0.29, 0.717) is 17.8 Å². The van der Waals surface area contributed by atoms with Crippen LogP contribution < -0.4 is 10.9 Å². The Bertz CT molecular complexity index is 784. The number of nitrogens with one attached hydrogen (secondary N) is 1. The molecular formula is C17H20ClN3O2. The van der Waals surface area contributed by atoms with Gasteiger partial charge in [-0.15, -0.1) is 0 Å². The van der Waals surface area contributed by atoms with Crippen LogP contribution in [0.5, 0.6) is 0 Å². The average molecular weight is 334 g/mol. The number of benzene rings is 1. The Labute approximate surface area is 140 Å². The van der Waals surface area contributed by atoms with Crippen LogP contribution in [0.25, 0.3) is 0 Å². The van der Waals surface area contributed by atoms with Gasteiger partial charge in [0.1, 0.15) is 11.6 Å². The molecule has 0 bridgehead atoms. The lowest BCUT2D eigenvalue weighted by atomic mass is 10.0. The summed E-state index contributed by atoms with van der Waals surface area (Å²) in [4.78, 5) is 24.6. The number of hydrogen-bond donors (Lipinski definition) is 1. The minimum atomic E-state index is -0.468. The predicted molar refractivity (Wildman–Crippen MR) is 92.5 cm³/mol. The number of anilines is 1. The molecule has 122 valence electrons. The number of nitrogens with zero attached hydrogens (tertiary/aromatic N) is 2. The van der Waals surface area contributed by atoms with E-state index in [0.717, 1.165) is 22.2 Å². The molecule has 1 aromatic heterocycles. The van der Waals surface area contributed by atoms with Crippen LogP contribution in [0.1, 0.15) is 34.8 Å². The van der Waals surface area contributed by atoms with Crippen molar-refractivity contribution in [3.05, 3.63) is 56.5 Å². The van der Waals surface area contributed by atoms with Crippen molar-refractivity contribution in [1.82, 2.24) is 9.78 Å². The fraction of sp³-hybridized carbons (Fsp3) is 0.353. The first-order chi connectivity index (χ1) is 10.9. The van der Waals surface area contributed by atoms with Crippen LogP contribution in [-0.4, -0.2) is 22.1 Å². The molecule has 6 heteroatoms. The average Bonchev–Trinajstić information content (AvgIpc) is 2.53. The monoisotopic (exact) mass is 333 g/mol. The maximum atomic E-state index is 12.3. The minimum Gasteiger partial charge on any atom is -0.382 e. The van der Waals surface area contributed by atoms with Crippen molar-refractivity contribution in [2.75, 3.05) is 11.9 Å². The molecule has 0 aliphatic heterocycles. The molecule has 1 N–H and O–H groups in total. The van der Waals surface area contributed by atoms with Gasteiger partial charge < -0.3 is 5.32 Å². The van der Waals surface area contributed by atoms with Gasteiger partial charge in [0.2, 0.25) is 0 Å². The number of carbonyl (C=O) groups is 1. The fourth-order valence-electron chi connectivity index (χ4n) is 2.10. The molecule has 1 aromatic carbocycles. The van der Waals surface area contributed by atoms with Crippen LogP contribution in [0, 0.1) is 13.8 Å². The van der Waals surface area contributed by atoms with Gasteiger partial charge in [-0.1, -0.05) is 30.7 Å². The summed E-state index contributed by atoms with van der Waals surface area (Å²) < 4.78 is 1.09. The number of aryl methyl sites for hydroxylation is 2. The lowest BCUT2D eigenvalue weighted by Gasteiger charge is -2.10. The Balaban J connectivity index is 2.22. The molecule has 2 rings (SSSR count). The summed E-state index contributed by atoms with van der Waals surface area (Å²) in [6, 6.07) is 5.47. The van der Waals surface area contributed by atoms with Gasteiger partial charge in [-0.2, -0.15) is 5.10 Å². The highest BCUT2D eigenvalue weighted by molar-refractivity contribution is 6.32. The number of hydrogen-bond acceptors (Lipinski definition) is 4. The van der Waals surface area contributed by atoms with E-state index in [1.165, 1.54) is 6.20 Å². The first kappa shape index (κ1) is 17.2.